The Hall–Kier alpha value is -1.88. The van der Waals surface area contributed by atoms with Gasteiger partial charge in [-0.1, -0.05) is 31.4 Å². The number of aromatic hydroxyl groups is 1. The van der Waals surface area contributed by atoms with Gasteiger partial charge in [-0.05, 0) is 48.8 Å². The summed E-state index contributed by atoms with van der Waals surface area (Å²) in [6.45, 7) is 0. The second-order valence-corrected chi connectivity index (χ2v) is 5.94. The molecule has 2 fully saturated rings. The van der Waals surface area contributed by atoms with E-state index in [9.17, 15) is 9.90 Å². The van der Waals surface area contributed by atoms with Crippen LogP contribution in [-0.4, -0.2) is 27.1 Å². The van der Waals surface area contributed by atoms with Crippen LogP contribution in [0.4, 0.5) is 0 Å². The molecule has 0 bridgehead atoms. The molecule has 3 rings (SSSR count). The van der Waals surface area contributed by atoms with Crippen LogP contribution in [0.2, 0.25) is 0 Å². The maximum Gasteiger partial charge on any atom is 0.276 e. The van der Waals surface area contributed by atoms with Gasteiger partial charge in [0.1, 0.15) is 11.4 Å². The van der Waals surface area contributed by atoms with Crippen LogP contribution in [-0.2, 0) is 4.79 Å². The van der Waals surface area contributed by atoms with Crippen LogP contribution in [0.5, 0.6) is 5.75 Å². The molecule has 5 heteroatoms. The summed E-state index contributed by atoms with van der Waals surface area (Å²) in [6, 6.07) is 7.03. The van der Waals surface area contributed by atoms with E-state index in [1.165, 1.54) is 6.42 Å². The predicted octanol–water partition coefficient (Wildman–Crippen LogP) is 2.78. The fraction of sp³-hybridized carbons (Fsp3) is 0.375. The highest BCUT2D eigenvalue weighted by atomic mass is 32.1. The van der Waals surface area contributed by atoms with Gasteiger partial charge in [0.2, 0.25) is 0 Å². The second kappa shape index (κ2) is 5.85. The Bertz CT molecular complexity index is 606. The highest BCUT2D eigenvalue weighted by Crippen LogP contribution is 2.27. The van der Waals surface area contributed by atoms with Crippen LogP contribution < -0.4 is 5.32 Å². The molecule has 1 saturated carbocycles. The number of phenols is 1. The van der Waals surface area contributed by atoms with Crippen molar-refractivity contribution in [1.29, 1.82) is 0 Å². The van der Waals surface area contributed by atoms with E-state index >= 15 is 0 Å². The Balaban J connectivity index is 1.82. The van der Waals surface area contributed by atoms with Crippen molar-refractivity contribution in [2.75, 3.05) is 0 Å². The third kappa shape index (κ3) is 2.93. The zero-order valence-corrected chi connectivity index (χ0v) is 12.5. The van der Waals surface area contributed by atoms with Crippen LogP contribution >= 0.6 is 12.2 Å². The van der Waals surface area contributed by atoms with Gasteiger partial charge in [0.05, 0.1) is 0 Å². The number of hydrogen-bond acceptors (Lipinski definition) is 3. The van der Waals surface area contributed by atoms with Gasteiger partial charge in [-0.3, -0.25) is 9.69 Å². The van der Waals surface area contributed by atoms with Crippen molar-refractivity contribution >= 4 is 29.3 Å². The van der Waals surface area contributed by atoms with E-state index in [-0.39, 0.29) is 17.7 Å². The first-order chi connectivity index (χ1) is 10.1. The molecule has 4 nitrogen and oxygen atoms in total. The average molecular weight is 302 g/mol. The summed E-state index contributed by atoms with van der Waals surface area (Å²) in [4.78, 5) is 14.3. The average Bonchev–Trinajstić information content (AvgIpc) is 2.74. The molecule has 0 spiro atoms. The maximum absolute atomic E-state index is 12.5. The molecule has 1 aliphatic heterocycles. The zero-order chi connectivity index (χ0) is 14.8. The quantitative estimate of drug-likeness (QED) is 0.651. The van der Waals surface area contributed by atoms with Crippen LogP contribution in [0.25, 0.3) is 6.08 Å². The summed E-state index contributed by atoms with van der Waals surface area (Å²) in [5.74, 6) is 0.122. The Morgan fingerprint density at radius 2 is 2.05 bits per heavy atom. The number of carbonyl (C=O) groups excluding carboxylic acids is 1. The molecule has 2 aliphatic rings. The molecule has 1 aromatic carbocycles. The van der Waals surface area contributed by atoms with Gasteiger partial charge in [0, 0.05) is 6.04 Å². The summed E-state index contributed by atoms with van der Waals surface area (Å²) < 4.78 is 0. The molecule has 1 saturated heterocycles. The lowest BCUT2D eigenvalue weighted by molar-refractivity contribution is -0.124. The molecule has 21 heavy (non-hydrogen) atoms. The first-order valence-electron chi connectivity index (χ1n) is 7.30. The summed E-state index contributed by atoms with van der Waals surface area (Å²) in [5.41, 5.74) is 1.26. The van der Waals surface area contributed by atoms with Gasteiger partial charge in [-0.15, -0.1) is 0 Å². The molecule has 1 amide bonds. The minimum Gasteiger partial charge on any atom is -0.508 e. The van der Waals surface area contributed by atoms with Gasteiger partial charge in [-0.2, -0.15) is 0 Å². The third-order valence-corrected chi connectivity index (χ3v) is 4.33. The summed E-state index contributed by atoms with van der Waals surface area (Å²) in [5, 5.41) is 13.0. The fourth-order valence-electron chi connectivity index (χ4n) is 3.00. The smallest absolute Gasteiger partial charge is 0.276 e. The van der Waals surface area contributed by atoms with Crippen molar-refractivity contribution in [2.24, 2.45) is 0 Å². The topological polar surface area (TPSA) is 52.6 Å². The highest BCUT2D eigenvalue weighted by Gasteiger charge is 2.36. The van der Waals surface area contributed by atoms with E-state index in [0.717, 1.165) is 31.2 Å². The Morgan fingerprint density at radius 3 is 2.76 bits per heavy atom. The molecule has 0 radical (unpaired) electrons. The van der Waals surface area contributed by atoms with E-state index in [4.69, 9.17) is 12.2 Å². The lowest BCUT2D eigenvalue weighted by atomic mass is 9.94. The van der Waals surface area contributed by atoms with Crippen molar-refractivity contribution in [3.8, 4) is 5.75 Å². The molecule has 1 heterocycles. The molecule has 110 valence electrons. The number of benzene rings is 1. The lowest BCUT2D eigenvalue weighted by Gasteiger charge is -2.29. The van der Waals surface area contributed by atoms with E-state index < -0.39 is 0 Å². The number of amides is 1. The SMILES string of the molecule is O=C1C(=Cc2cccc(O)c2)NC(=S)N1C1CCCCC1. The standard InChI is InChI=1S/C16H18N2O2S/c19-13-8-4-5-11(9-13)10-14-15(20)18(16(21)17-14)12-6-2-1-3-7-12/h4-5,8-10,12,19H,1-3,6-7H2,(H,17,21). The molecule has 1 aliphatic carbocycles. The molecule has 0 unspecified atom stereocenters. The van der Waals surface area contributed by atoms with Crippen LogP contribution in [0.3, 0.4) is 0 Å². The first-order valence-corrected chi connectivity index (χ1v) is 7.71. The van der Waals surface area contributed by atoms with Crippen LogP contribution in [0.15, 0.2) is 30.0 Å². The van der Waals surface area contributed by atoms with Crippen molar-refractivity contribution in [3.05, 3.63) is 35.5 Å². The first kappa shape index (κ1) is 14.1. The van der Waals surface area contributed by atoms with Crippen molar-refractivity contribution in [3.63, 3.8) is 0 Å². The summed E-state index contributed by atoms with van der Waals surface area (Å²) >= 11 is 5.32. The largest absolute Gasteiger partial charge is 0.508 e. The summed E-state index contributed by atoms with van der Waals surface area (Å²) in [7, 11) is 0. The minimum absolute atomic E-state index is 0.0600. The van der Waals surface area contributed by atoms with E-state index in [1.54, 1.807) is 29.2 Å². The normalized spacial score (nSPS) is 21.9. The van der Waals surface area contributed by atoms with E-state index in [2.05, 4.69) is 5.32 Å². The molecule has 2 N–H and O–H groups in total. The van der Waals surface area contributed by atoms with Crippen LogP contribution in [0.1, 0.15) is 37.7 Å². The maximum atomic E-state index is 12.5. The van der Waals surface area contributed by atoms with Crippen LogP contribution in [0, 0.1) is 0 Å². The van der Waals surface area contributed by atoms with Gasteiger partial charge in [-0.25, -0.2) is 0 Å². The second-order valence-electron chi connectivity index (χ2n) is 5.55. The molecular weight excluding hydrogens is 284 g/mol. The number of phenolic OH excluding ortho intramolecular Hbond substituents is 1. The van der Waals surface area contributed by atoms with E-state index in [0.29, 0.717) is 10.8 Å². The van der Waals surface area contributed by atoms with Gasteiger partial charge in [0.15, 0.2) is 5.11 Å². The monoisotopic (exact) mass is 302 g/mol. The van der Waals surface area contributed by atoms with Gasteiger partial charge >= 0.3 is 0 Å². The number of nitrogens with one attached hydrogen (secondary N) is 1. The van der Waals surface area contributed by atoms with Crippen molar-refractivity contribution in [1.82, 2.24) is 10.2 Å². The number of nitrogens with zero attached hydrogens (tertiary/aromatic N) is 1. The Kier molecular flexibility index (Phi) is 3.92. The molecule has 0 atom stereocenters. The molecule has 1 aromatic rings. The molecule has 0 aromatic heterocycles. The number of thiocarbonyl (C=S) groups is 1. The zero-order valence-electron chi connectivity index (χ0n) is 11.7. The van der Waals surface area contributed by atoms with Gasteiger partial charge < -0.3 is 10.4 Å². The fourth-order valence-corrected chi connectivity index (χ4v) is 3.34. The lowest BCUT2D eigenvalue weighted by Crippen LogP contribution is -2.41. The number of carbonyl (C=O) groups is 1. The third-order valence-electron chi connectivity index (χ3n) is 4.03. The van der Waals surface area contributed by atoms with Crippen molar-refractivity contribution in [2.45, 2.75) is 38.1 Å². The minimum atomic E-state index is -0.0600. The predicted molar refractivity (Wildman–Crippen MR) is 85.5 cm³/mol. The number of rotatable bonds is 2. The summed E-state index contributed by atoms with van der Waals surface area (Å²) in [6.07, 6.45) is 7.33. The Labute approximate surface area is 129 Å². The Morgan fingerprint density at radius 1 is 1.29 bits per heavy atom. The molecular formula is C16H18N2O2S. The van der Waals surface area contributed by atoms with Crippen molar-refractivity contribution < 1.29 is 9.90 Å². The number of hydrogen-bond donors (Lipinski definition) is 2. The van der Waals surface area contributed by atoms with Gasteiger partial charge in [0.25, 0.3) is 5.91 Å². The van der Waals surface area contributed by atoms with E-state index in [1.807, 2.05) is 6.07 Å². The highest BCUT2D eigenvalue weighted by molar-refractivity contribution is 7.80.